The van der Waals surface area contributed by atoms with Crippen molar-refractivity contribution >= 4 is 19.2 Å². The average Bonchev–Trinajstić information content (AvgIpc) is 2.76. The Bertz CT molecular complexity index is 1260. The number of nitrogens with one attached hydrogen (secondary N) is 1. The Morgan fingerprint density at radius 1 is 0.943 bits per heavy atom. The summed E-state index contributed by atoms with van der Waals surface area (Å²) in [4.78, 5) is 34.3. The zero-order valence-electron chi connectivity index (χ0n) is 20.0. The lowest BCUT2D eigenvalue weighted by Gasteiger charge is -2.17. The van der Waals surface area contributed by atoms with Crippen LogP contribution in [0, 0.1) is 13.8 Å². The smallest absolute Gasteiger partial charge is 0.326 e. The lowest BCUT2D eigenvalue weighted by molar-refractivity contribution is -0.139. The Labute approximate surface area is 204 Å². The number of carbonyl (C=O) groups is 2. The number of benzene rings is 3. The summed E-state index contributed by atoms with van der Waals surface area (Å²) in [5.74, 6) is -2.07. The first kappa shape index (κ1) is 26.2. The summed E-state index contributed by atoms with van der Waals surface area (Å²) < 4.78 is 11.8. The number of hydrogen-bond acceptors (Lipinski definition) is 4. The summed E-state index contributed by atoms with van der Waals surface area (Å²) in [5.41, 5.74) is 5.27. The maximum Gasteiger partial charge on any atom is 0.326 e. The molecule has 8 heteroatoms. The van der Waals surface area contributed by atoms with Gasteiger partial charge in [0.25, 0.3) is 5.91 Å². The molecule has 0 fully saturated rings. The maximum absolute atomic E-state index is 12.9. The topological polar surface area (TPSA) is 124 Å². The van der Waals surface area contributed by atoms with Crippen LogP contribution in [0.15, 0.2) is 60.7 Å². The molecule has 7 nitrogen and oxygen atoms in total. The Balaban J connectivity index is 1.81. The molecule has 0 radical (unpaired) electrons. The molecule has 0 saturated heterocycles. The van der Waals surface area contributed by atoms with Gasteiger partial charge in [0.05, 0.1) is 5.56 Å². The highest BCUT2D eigenvalue weighted by molar-refractivity contribution is 7.56. The molecule has 35 heavy (non-hydrogen) atoms. The van der Waals surface area contributed by atoms with E-state index in [0.717, 1.165) is 33.4 Å². The van der Waals surface area contributed by atoms with E-state index in [2.05, 4.69) is 5.32 Å². The van der Waals surface area contributed by atoms with Gasteiger partial charge in [-0.2, -0.15) is 0 Å². The number of amides is 1. The highest BCUT2D eigenvalue weighted by atomic mass is 31.2. The number of carboxylic acids is 1. The van der Waals surface area contributed by atoms with Gasteiger partial charge in [0.2, 0.25) is 7.37 Å². The minimum Gasteiger partial charge on any atom is -0.507 e. The molecule has 0 heterocycles. The highest BCUT2D eigenvalue weighted by Crippen LogP contribution is 2.40. The lowest BCUT2D eigenvalue weighted by Crippen LogP contribution is -2.42. The number of phenolic OH excluding ortho intramolecular Hbond substituents is 1. The molecule has 0 bridgehead atoms. The Morgan fingerprint density at radius 3 is 2.14 bits per heavy atom. The second kappa shape index (κ2) is 10.9. The van der Waals surface area contributed by atoms with Gasteiger partial charge in [-0.25, -0.2) is 4.79 Å². The second-order valence-electron chi connectivity index (χ2n) is 9.00. The van der Waals surface area contributed by atoms with Crippen molar-refractivity contribution in [3.63, 3.8) is 0 Å². The van der Waals surface area contributed by atoms with Crippen LogP contribution in [0.5, 0.6) is 5.75 Å². The van der Waals surface area contributed by atoms with Gasteiger partial charge < -0.3 is 20.4 Å². The highest BCUT2D eigenvalue weighted by Gasteiger charge is 2.23. The van der Waals surface area contributed by atoms with Gasteiger partial charge in [0, 0.05) is 19.2 Å². The molecule has 0 aliphatic heterocycles. The number of rotatable bonds is 9. The van der Waals surface area contributed by atoms with Crippen LogP contribution in [0.1, 0.15) is 43.7 Å². The van der Waals surface area contributed by atoms with Gasteiger partial charge in [-0.1, -0.05) is 48.5 Å². The molecule has 184 valence electrons. The largest absolute Gasteiger partial charge is 0.507 e. The summed E-state index contributed by atoms with van der Waals surface area (Å²) >= 11 is 0. The first-order valence-corrected chi connectivity index (χ1v) is 13.5. The van der Waals surface area contributed by atoms with E-state index in [9.17, 15) is 29.3 Å². The average molecular weight is 496 g/mol. The Kier molecular flexibility index (Phi) is 8.15. The van der Waals surface area contributed by atoms with Crippen molar-refractivity contribution in [3.8, 4) is 5.75 Å². The van der Waals surface area contributed by atoms with Crippen molar-refractivity contribution in [2.24, 2.45) is 0 Å². The normalized spacial score (nSPS) is 13.6. The first-order chi connectivity index (χ1) is 16.4. The number of aromatic hydroxyl groups is 1. The van der Waals surface area contributed by atoms with Gasteiger partial charge in [-0.3, -0.25) is 9.36 Å². The summed E-state index contributed by atoms with van der Waals surface area (Å²) in [6.45, 7) is 5.20. The monoisotopic (exact) mass is 495 g/mol. The fourth-order valence-corrected chi connectivity index (χ4v) is 5.02. The second-order valence-corrected chi connectivity index (χ2v) is 11.4. The van der Waals surface area contributed by atoms with Gasteiger partial charge in [-0.15, -0.1) is 0 Å². The molecule has 0 aliphatic carbocycles. The van der Waals surface area contributed by atoms with Crippen LogP contribution >= 0.6 is 7.37 Å². The molecule has 3 rings (SSSR count). The number of aliphatic carboxylic acids is 1. The molecule has 3 aromatic rings. The van der Waals surface area contributed by atoms with Crippen molar-refractivity contribution < 1.29 is 29.3 Å². The van der Waals surface area contributed by atoms with Crippen molar-refractivity contribution in [3.05, 3.63) is 99.6 Å². The minimum atomic E-state index is -3.19. The van der Waals surface area contributed by atoms with E-state index in [0.29, 0.717) is 6.42 Å². The zero-order valence-corrected chi connectivity index (χ0v) is 20.9. The zero-order chi connectivity index (χ0) is 25.8. The molecule has 4 N–H and O–H groups in total. The van der Waals surface area contributed by atoms with Crippen LogP contribution in [0.2, 0.25) is 0 Å². The van der Waals surface area contributed by atoms with E-state index in [-0.39, 0.29) is 23.9 Å². The molecule has 1 amide bonds. The third-order valence-corrected chi connectivity index (χ3v) is 6.76. The van der Waals surface area contributed by atoms with Crippen LogP contribution in [-0.2, 0) is 28.4 Å². The third-order valence-electron chi connectivity index (χ3n) is 5.80. The predicted molar refractivity (Wildman–Crippen MR) is 135 cm³/mol. The Morgan fingerprint density at radius 2 is 1.57 bits per heavy atom. The molecular formula is C27H30NO6P. The molecule has 2 unspecified atom stereocenters. The van der Waals surface area contributed by atoms with Crippen molar-refractivity contribution in [1.29, 1.82) is 0 Å². The predicted octanol–water partition coefficient (Wildman–Crippen LogP) is 4.43. The summed E-state index contributed by atoms with van der Waals surface area (Å²) in [6.07, 6.45) is 0.700. The lowest BCUT2D eigenvalue weighted by atomic mass is 9.93. The van der Waals surface area contributed by atoms with E-state index in [1.807, 2.05) is 32.0 Å². The van der Waals surface area contributed by atoms with Crippen molar-refractivity contribution in [1.82, 2.24) is 5.32 Å². The van der Waals surface area contributed by atoms with E-state index in [1.54, 1.807) is 36.4 Å². The van der Waals surface area contributed by atoms with E-state index in [1.165, 1.54) is 12.7 Å². The van der Waals surface area contributed by atoms with Crippen LogP contribution in [0.4, 0.5) is 0 Å². The number of hydrogen-bond donors (Lipinski definition) is 4. The first-order valence-electron chi connectivity index (χ1n) is 11.2. The van der Waals surface area contributed by atoms with Gasteiger partial charge in [-0.05, 0) is 65.8 Å². The molecule has 0 spiro atoms. The fraction of sp³-hybridized carbons (Fsp3) is 0.259. The summed E-state index contributed by atoms with van der Waals surface area (Å²) in [7, 11) is -3.19. The van der Waals surface area contributed by atoms with E-state index < -0.39 is 25.3 Å². The number of carbonyl (C=O) groups excluding carboxylic acids is 1. The van der Waals surface area contributed by atoms with Crippen LogP contribution in [-0.4, -0.2) is 39.7 Å². The van der Waals surface area contributed by atoms with Gasteiger partial charge in [0.1, 0.15) is 11.8 Å². The standard InChI is InChI=1S/C27H30NO6P/c1-17-11-21(16-35(3,33)34)12-18(2)22(17)13-20-9-10-25(29)23(14-20)26(30)28-24(27(31)32)15-19-7-5-4-6-8-19/h4-12,14,24,29H,13,15-16H2,1-3H3,(H,28,30)(H,31,32)(H,33,34). The third kappa shape index (κ3) is 7.28. The van der Waals surface area contributed by atoms with Crippen molar-refractivity contribution in [2.75, 3.05) is 6.66 Å². The maximum atomic E-state index is 12.9. The molecule has 2 atom stereocenters. The quantitative estimate of drug-likeness (QED) is 0.326. The number of carboxylic acid groups (broad SMARTS) is 1. The van der Waals surface area contributed by atoms with Gasteiger partial charge >= 0.3 is 5.97 Å². The SMILES string of the molecule is Cc1cc(CP(C)(=O)O)cc(C)c1Cc1ccc(O)c(C(=O)NC(Cc2ccccc2)C(=O)O)c1. The molecule has 0 aromatic heterocycles. The number of aryl methyl sites for hydroxylation is 2. The van der Waals surface area contributed by atoms with Gasteiger partial charge in [0.15, 0.2) is 0 Å². The van der Waals surface area contributed by atoms with Crippen LogP contribution in [0.25, 0.3) is 0 Å². The number of phenols is 1. The van der Waals surface area contributed by atoms with Crippen LogP contribution in [0.3, 0.4) is 0 Å². The molecule has 0 saturated carbocycles. The van der Waals surface area contributed by atoms with E-state index in [4.69, 9.17) is 0 Å². The fourth-order valence-electron chi connectivity index (χ4n) is 4.16. The summed E-state index contributed by atoms with van der Waals surface area (Å²) in [6, 6.07) is 16.3. The molecule has 3 aromatic carbocycles. The minimum absolute atomic E-state index is 0.000870. The molecule has 0 aliphatic rings. The Hall–Kier alpha value is -3.41. The van der Waals surface area contributed by atoms with Crippen molar-refractivity contribution in [2.45, 2.75) is 38.9 Å². The van der Waals surface area contributed by atoms with E-state index >= 15 is 0 Å². The van der Waals surface area contributed by atoms with Crippen LogP contribution < -0.4 is 5.32 Å². The summed E-state index contributed by atoms with van der Waals surface area (Å²) in [5, 5.41) is 22.4. The molecular weight excluding hydrogens is 465 g/mol.